The molecule has 1 aliphatic heterocycles. The van der Waals surface area contributed by atoms with Gasteiger partial charge in [0, 0.05) is 32.4 Å². The summed E-state index contributed by atoms with van der Waals surface area (Å²) in [6, 6.07) is 4.38. The number of carbonyl (C=O) groups is 1. The standard InChI is InChI=1S/C12H16FN3O/c1-15-4-5-16(8-12(15)17)7-9-2-3-10(13)6-11(9)14/h2-3,6H,4-5,7-8,14H2,1H3. The van der Waals surface area contributed by atoms with Crippen LogP contribution in [-0.2, 0) is 11.3 Å². The van der Waals surface area contributed by atoms with E-state index in [2.05, 4.69) is 0 Å². The molecule has 1 aromatic carbocycles. The average molecular weight is 237 g/mol. The summed E-state index contributed by atoms with van der Waals surface area (Å²) >= 11 is 0. The fourth-order valence-corrected chi connectivity index (χ4v) is 1.89. The van der Waals surface area contributed by atoms with Crippen LogP contribution in [-0.4, -0.2) is 42.4 Å². The van der Waals surface area contributed by atoms with Crippen molar-refractivity contribution in [3.05, 3.63) is 29.6 Å². The van der Waals surface area contributed by atoms with Crippen molar-refractivity contribution in [2.75, 3.05) is 32.4 Å². The minimum Gasteiger partial charge on any atom is -0.398 e. The highest BCUT2D eigenvalue weighted by molar-refractivity contribution is 5.78. The number of likely N-dealkylation sites (N-methyl/N-ethyl adjacent to an activating group) is 1. The lowest BCUT2D eigenvalue weighted by atomic mass is 10.1. The Morgan fingerprint density at radius 2 is 2.18 bits per heavy atom. The Kier molecular flexibility index (Phi) is 3.28. The number of anilines is 1. The van der Waals surface area contributed by atoms with E-state index in [4.69, 9.17) is 5.73 Å². The Balaban J connectivity index is 2.04. The summed E-state index contributed by atoms with van der Waals surface area (Å²) in [4.78, 5) is 15.3. The molecular weight excluding hydrogens is 221 g/mol. The van der Waals surface area contributed by atoms with E-state index in [1.165, 1.54) is 12.1 Å². The van der Waals surface area contributed by atoms with Crippen LogP contribution in [0.5, 0.6) is 0 Å². The molecular formula is C12H16FN3O. The molecule has 1 saturated heterocycles. The highest BCUT2D eigenvalue weighted by atomic mass is 19.1. The first-order valence-corrected chi connectivity index (χ1v) is 5.56. The van der Waals surface area contributed by atoms with Crippen LogP contribution in [0.15, 0.2) is 18.2 Å². The molecule has 17 heavy (non-hydrogen) atoms. The van der Waals surface area contributed by atoms with Crippen molar-refractivity contribution in [3.63, 3.8) is 0 Å². The molecule has 0 bridgehead atoms. The molecule has 2 N–H and O–H groups in total. The van der Waals surface area contributed by atoms with Gasteiger partial charge in [-0.1, -0.05) is 6.07 Å². The van der Waals surface area contributed by atoms with Gasteiger partial charge >= 0.3 is 0 Å². The van der Waals surface area contributed by atoms with E-state index in [9.17, 15) is 9.18 Å². The zero-order valence-corrected chi connectivity index (χ0v) is 9.82. The maximum atomic E-state index is 12.9. The molecule has 1 fully saturated rings. The van der Waals surface area contributed by atoms with E-state index in [1.807, 2.05) is 4.90 Å². The van der Waals surface area contributed by atoms with E-state index in [0.717, 1.165) is 18.7 Å². The maximum absolute atomic E-state index is 12.9. The molecule has 5 heteroatoms. The van der Waals surface area contributed by atoms with Gasteiger partial charge in [-0.25, -0.2) is 4.39 Å². The fourth-order valence-electron chi connectivity index (χ4n) is 1.89. The molecule has 4 nitrogen and oxygen atoms in total. The van der Waals surface area contributed by atoms with Crippen molar-refractivity contribution < 1.29 is 9.18 Å². The number of carbonyl (C=O) groups excluding carboxylic acids is 1. The van der Waals surface area contributed by atoms with Crippen LogP contribution in [0.2, 0.25) is 0 Å². The molecule has 1 aromatic rings. The fraction of sp³-hybridized carbons (Fsp3) is 0.417. The molecule has 0 spiro atoms. The average Bonchev–Trinajstić information content (AvgIpc) is 2.27. The van der Waals surface area contributed by atoms with Gasteiger partial charge in [0.25, 0.3) is 0 Å². The Bertz CT molecular complexity index is 436. The van der Waals surface area contributed by atoms with E-state index in [-0.39, 0.29) is 11.7 Å². The zero-order valence-electron chi connectivity index (χ0n) is 9.82. The number of halogens is 1. The number of piperazine rings is 1. The molecule has 2 rings (SSSR count). The second kappa shape index (κ2) is 4.71. The minimum absolute atomic E-state index is 0.108. The lowest BCUT2D eigenvalue weighted by molar-refractivity contribution is -0.134. The lowest BCUT2D eigenvalue weighted by Crippen LogP contribution is -2.48. The SMILES string of the molecule is CN1CCN(Cc2ccc(F)cc2N)CC1=O. The third-order valence-electron chi connectivity index (χ3n) is 3.04. The first-order chi connectivity index (χ1) is 8.06. The number of hydrogen-bond donors (Lipinski definition) is 1. The van der Waals surface area contributed by atoms with Gasteiger partial charge in [-0.15, -0.1) is 0 Å². The van der Waals surface area contributed by atoms with Crippen LogP contribution >= 0.6 is 0 Å². The summed E-state index contributed by atoms with van der Waals surface area (Å²) in [5.74, 6) is -0.224. The van der Waals surface area contributed by atoms with E-state index < -0.39 is 0 Å². The van der Waals surface area contributed by atoms with Crippen molar-refractivity contribution >= 4 is 11.6 Å². The molecule has 0 aromatic heterocycles. The van der Waals surface area contributed by atoms with Gasteiger partial charge in [0.1, 0.15) is 5.82 Å². The van der Waals surface area contributed by atoms with Crippen molar-refractivity contribution in [2.24, 2.45) is 0 Å². The van der Waals surface area contributed by atoms with Gasteiger partial charge in [-0.05, 0) is 17.7 Å². The number of hydrogen-bond acceptors (Lipinski definition) is 3. The summed E-state index contributed by atoms with van der Waals surface area (Å²) in [5.41, 5.74) is 7.04. The van der Waals surface area contributed by atoms with Crippen LogP contribution in [0.4, 0.5) is 10.1 Å². The third-order valence-corrected chi connectivity index (χ3v) is 3.04. The van der Waals surface area contributed by atoms with Crippen LogP contribution in [0.3, 0.4) is 0 Å². The van der Waals surface area contributed by atoms with Gasteiger partial charge in [-0.3, -0.25) is 9.69 Å². The highest BCUT2D eigenvalue weighted by Gasteiger charge is 2.21. The largest absolute Gasteiger partial charge is 0.398 e. The van der Waals surface area contributed by atoms with E-state index >= 15 is 0 Å². The smallest absolute Gasteiger partial charge is 0.236 e. The molecule has 1 aliphatic rings. The van der Waals surface area contributed by atoms with Crippen LogP contribution in [0, 0.1) is 5.82 Å². The van der Waals surface area contributed by atoms with Crippen molar-refractivity contribution in [2.45, 2.75) is 6.54 Å². The predicted octanol–water partition coefficient (Wildman–Crippen LogP) is 0.682. The van der Waals surface area contributed by atoms with Crippen molar-refractivity contribution in [1.29, 1.82) is 0 Å². The second-order valence-electron chi connectivity index (χ2n) is 4.37. The molecule has 92 valence electrons. The lowest BCUT2D eigenvalue weighted by Gasteiger charge is -2.32. The van der Waals surface area contributed by atoms with Crippen molar-refractivity contribution in [1.82, 2.24) is 9.80 Å². The highest BCUT2D eigenvalue weighted by Crippen LogP contribution is 2.16. The number of nitrogen functional groups attached to an aromatic ring is 1. The number of nitrogens with zero attached hydrogens (tertiary/aromatic N) is 2. The van der Waals surface area contributed by atoms with Crippen LogP contribution < -0.4 is 5.73 Å². The Morgan fingerprint density at radius 1 is 1.41 bits per heavy atom. The van der Waals surface area contributed by atoms with E-state index in [0.29, 0.717) is 18.8 Å². The number of rotatable bonds is 2. The summed E-state index contributed by atoms with van der Waals surface area (Å²) in [7, 11) is 1.80. The monoisotopic (exact) mass is 237 g/mol. The Labute approximate surface area is 99.8 Å². The normalized spacial score (nSPS) is 17.5. The molecule has 1 heterocycles. The third kappa shape index (κ3) is 2.74. The summed E-state index contributed by atoms with van der Waals surface area (Å²) in [6.45, 7) is 2.53. The van der Waals surface area contributed by atoms with Gasteiger partial charge in [0.05, 0.1) is 6.54 Å². The number of nitrogens with two attached hydrogens (primary N) is 1. The topological polar surface area (TPSA) is 49.6 Å². The Morgan fingerprint density at radius 3 is 2.82 bits per heavy atom. The molecule has 1 amide bonds. The molecule has 0 atom stereocenters. The Hall–Kier alpha value is -1.62. The minimum atomic E-state index is -0.333. The predicted molar refractivity (Wildman–Crippen MR) is 63.7 cm³/mol. The van der Waals surface area contributed by atoms with Crippen molar-refractivity contribution in [3.8, 4) is 0 Å². The van der Waals surface area contributed by atoms with Gasteiger partial charge in [0.15, 0.2) is 0 Å². The van der Waals surface area contributed by atoms with Gasteiger partial charge in [-0.2, -0.15) is 0 Å². The first-order valence-electron chi connectivity index (χ1n) is 5.56. The molecule has 0 radical (unpaired) electrons. The number of amides is 1. The zero-order chi connectivity index (χ0) is 12.4. The molecule has 0 saturated carbocycles. The van der Waals surface area contributed by atoms with Crippen LogP contribution in [0.1, 0.15) is 5.56 Å². The van der Waals surface area contributed by atoms with Gasteiger partial charge in [0.2, 0.25) is 5.91 Å². The number of benzene rings is 1. The first kappa shape index (κ1) is 11.9. The van der Waals surface area contributed by atoms with E-state index in [1.54, 1.807) is 18.0 Å². The summed E-state index contributed by atoms with van der Waals surface area (Å²) in [6.07, 6.45) is 0. The van der Waals surface area contributed by atoms with Gasteiger partial charge < -0.3 is 10.6 Å². The van der Waals surface area contributed by atoms with Crippen LogP contribution in [0.25, 0.3) is 0 Å². The summed E-state index contributed by atoms with van der Waals surface area (Å²) < 4.78 is 12.9. The molecule has 0 unspecified atom stereocenters. The molecule has 0 aliphatic carbocycles. The quantitative estimate of drug-likeness (QED) is 0.770. The second-order valence-corrected chi connectivity index (χ2v) is 4.37. The maximum Gasteiger partial charge on any atom is 0.236 e. The summed E-state index contributed by atoms with van der Waals surface area (Å²) in [5, 5.41) is 0.